The van der Waals surface area contributed by atoms with Crippen molar-refractivity contribution in [3.05, 3.63) is 113 Å². The predicted octanol–water partition coefficient (Wildman–Crippen LogP) is 5.71. The van der Waals surface area contributed by atoms with Crippen LogP contribution >= 0.6 is 11.3 Å². The van der Waals surface area contributed by atoms with E-state index < -0.39 is 0 Å². The van der Waals surface area contributed by atoms with E-state index in [1.54, 1.807) is 47.9 Å². The molecule has 2 amide bonds. The van der Waals surface area contributed by atoms with Gasteiger partial charge in [-0.25, -0.2) is 4.98 Å². The average Bonchev–Trinajstić information content (AvgIpc) is 3.32. The molecule has 6 nitrogen and oxygen atoms in total. The Kier molecular flexibility index (Phi) is 7.05. The molecule has 1 heterocycles. The van der Waals surface area contributed by atoms with Crippen molar-refractivity contribution >= 4 is 51.5 Å². The van der Waals surface area contributed by atoms with Crippen molar-refractivity contribution in [2.75, 3.05) is 10.2 Å². The number of carbonyl (C=O) groups is 3. The number of hydrogen-bond acceptors (Lipinski definition) is 5. The Bertz CT molecular complexity index is 1350. The molecule has 0 unspecified atom stereocenters. The molecule has 0 radical (unpaired) electrons. The molecule has 0 aliphatic carbocycles. The van der Waals surface area contributed by atoms with Crippen LogP contribution in [0.5, 0.6) is 0 Å². The number of ketones is 1. The molecular weight excluding hydrogens is 446 g/mol. The highest BCUT2D eigenvalue weighted by atomic mass is 32.1. The van der Waals surface area contributed by atoms with E-state index in [-0.39, 0.29) is 17.6 Å². The van der Waals surface area contributed by atoms with Crippen LogP contribution in [0.3, 0.4) is 0 Å². The molecule has 0 bridgehead atoms. The molecule has 1 aromatic heterocycles. The second-order valence-corrected chi connectivity index (χ2v) is 8.18. The molecule has 7 heteroatoms. The Morgan fingerprint density at radius 3 is 2.26 bits per heavy atom. The van der Waals surface area contributed by atoms with Crippen LogP contribution in [0.1, 0.15) is 28.5 Å². The molecule has 0 fully saturated rings. The summed E-state index contributed by atoms with van der Waals surface area (Å²) in [6, 6.07) is 25.0. The maximum absolute atomic E-state index is 12.6. The fourth-order valence-electron chi connectivity index (χ4n) is 3.30. The van der Waals surface area contributed by atoms with E-state index in [1.165, 1.54) is 29.2 Å². The molecule has 0 saturated heterocycles. The Balaban J connectivity index is 1.44. The number of nitrogens with one attached hydrogen (secondary N) is 1. The maximum atomic E-state index is 12.6. The van der Waals surface area contributed by atoms with Gasteiger partial charge in [0.05, 0.1) is 11.4 Å². The van der Waals surface area contributed by atoms with E-state index in [0.29, 0.717) is 27.6 Å². The third-order valence-electron chi connectivity index (χ3n) is 4.86. The van der Waals surface area contributed by atoms with Gasteiger partial charge < -0.3 is 5.32 Å². The first-order valence-corrected chi connectivity index (χ1v) is 11.4. The molecule has 0 atom stereocenters. The second-order valence-electron chi connectivity index (χ2n) is 7.34. The third-order valence-corrected chi connectivity index (χ3v) is 5.71. The van der Waals surface area contributed by atoms with Gasteiger partial charge in [-0.15, -0.1) is 11.3 Å². The van der Waals surface area contributed by atoms with E-state index in [4.69, 9.17) is 0 Å². The van der Waals surface area contributed by atoms with Gasteiger partial charge in [-0.1, -0.05) is 60.7 Å². The molecule has 168 valence electrons. The summed E-state index contributed by atoms with van der Waals surface area (Å²) in [6.45, 7) is 1.48. The summed E-state index contributed by atoms with van der Waals surface area (Å²) in [5.41, 5.74) is 2.87. The van der Waals surface area contributed by atoms with E-state index in [9.17, 15) is 14.4 Å². The Morgan fingerprint density at radius 2 is 1.56 bits per heavy atom. The zero-order chi connectivity index (χ0) is 23.9. The first-order valence-electron chi connectivity index (χ1n) is 10.5. The molecule has 4 rings (SSSR count). The van der Waals surface area contributed by atoms with Crippen LogP contribution in [0.25, 0.3) is 6.08 Å². The number of thiazole rings is 1. The van der Waals surface area contributed by atoms with Crippen molar-refractivity contribution < 1.29 is 14.4 Å². The summed E-state index contributed by atoms with van der Waals surface area (Å²) >= 11 is 1.31. The van der Waals surface area contributed by atoms with Crippen molar-refractivity contribution in [1.82, 2.24) is 4.98 Å². The minimum absolute atomic E-state index is 0.115. The van der Waals surface area contributed by atoms with Crippen molar-refractivity contribution in [3.63, 3.8) is 0 Å². The largest absolute Gasteiger partial charge is 0.322 e. The fourth-order valence-corrected chi connectivity index (χ4v) is 4.15. The summed E-state index contributed by atoms with van der Waals surface area (Å²) in [6.07, 6.45) is 2.95. The number of aromatic nitrogens is 1. The van der Waals surface area contributed by atoms with E-state index >= 15 is 0 Å². The Hall–Kier alpha value is -4.36. The number of anilines is 3. The average molecular weight is 468 g/mol. The minimum Gasteiger partial charge on any atom is -0.322 e. The highest BCUT2D eigenvalue weighted by Gasteiger charge is 2.17. The van der Waals surface area contributed by atoms with Gasteiger partial charge in [-0.05, 0) is 30.3 Å². The van der Waals surface area contributed by atoms with Crippen LogP contribution in [0.4, 0.5) is 16.5 Å². The number of nitrogens with zero attached hydrogens (tertiary/aromatic N) is 2. The van der Waals surface area contributed by atoms with E-state index in [1.807, 2.05) is 48.5 Å². The topological polar surface area (TPSA) is 79.4 Å². The predicted molar refractivity (Wildman–Crippen MR) is 135 cm³/mol. The van der Waals surface area contributed by atoms with Gasteiger partial charge in [0.15, 0.2) is 10.9 Å². The lowest BCUT2D eigenvalue weighted by atomic mass is 10.0. The van der Waals surface area contributed by atoms with Crippen LogP contribution in [0, 0.1) is 0 Å². The molecule has 34 heavy (non-hydrogen) atoms. The van der Waals surface area contributed by atoms with Crippen LogP contribution in [0.15, 0.2) is 96.4 Å². The van der Waals surface area contributed by atoms with Gasteiger partial charge in [0.2, 0.25) is 11.8 Å². The summed E-state index contributed by atoms with van der Waals surface area (Å²) in [5.74, 6) is -0.625. The smallest absolute Gasteiger partial charge is 0.248 e. The number of rotatable bonds is 7. The van der Waals surface area contributed by atoms with E-state index in [0.717, 1.165) is 5.69 Å². The normalized spacial score (nSPS) is 10.7. The lowest BCUT2D eigenvalue weighted by molar-refractivity contribution is -0.116. The minimum atomic E-state index is -0.356. The fraction of sp³-hybridized carbons (Fsp3) is 0.0370. The number of amides is 2. The molecule has 0 aliphatic heterocycles. The second kappa shape index (κ2) is 10.5. The van der Waals surface area contributed by atoms with Gasteiger partial charge in [0.25, 0.3) is 0 Å². The van der Waals surface area contributed by atoms with Gasteiger partial charge in [0.1, 0.15) is 0 Å². The lowest BCUT2D eigenvalue weighted by Gasteiger charge is -2.17. The number of para-hydroxylation sites is 1. The molecular formula is C27H21N3O3S. The molecule has 0 spiro atoms. The number of benzene rings is 3. The molecule has 4 aromatic rings. The number of carbonyl (C=O) groups excluding carboxylic acids is 3. The number of hydrogen-bond donors (Lipinski definition) is 1. The van der Waals surface area contributed by atoms with Crippen LogP contribution in [-0.2, 0) is 9.59 Å². The molecule has 0 saturated carbocycles. The highest BCUT2D eigenvalue weighted by molar-refractivity contribution is 7.14. The Labute approximate surface area is 201 Å². The van der Waals surface area contributed by atoms with Crippen molar-refractivity contribution in [2.45, 2.75) is 6.92 Å². The Morgan fingerprint density at radius 1 is 0.882 bits per heavy atom. The third kappa shape index (κ3) is 5.51. The quantitative estimate of drug-likeness (QED) is 0.279. The standard InChI is InChI=1S/C27H21N3O3S/c1-19(31)30(24-13-6-3-7-14-24)27-29-23(18-34-27)15-16-25(32)28-22-12-8-11-21(17-22)26(33)20-9-4-2-5-10-20/h2-18H,1H3,(H,28,32)/b16-15+. The van der Waals surface area contributed by atoms with Crippen molar-refractivity contribution in [3.8, 4) is 0 Å². The van der Waals surface area contributed by atoms with Crippen molar-refractivity contribution in [1.29, 1.82) is 0 Å². The van der Waals surface area contributed by atoms with Gasteiger partial charge in [-0.3, -0.25) is 19.3 Å². The summed E-state index contributed by atoms with van der Waals surface area (Å²) in [7, 11) is 0. The van der Waals surface area contributed by atoms with E-state index in [2.05, 4.69) is 10.3 Å². The molecule has 3 aromatic carbocycles. The van der Waals surface area contributed by atoms with Crippen molar-refractivity contribution in [2.24, 2.45) is 0 Å². The zero-order valence-electron chi connectivity index (χ0n) is 18.3. The lowest BCUT2D eigenvalue weighted by Crippen LogP contribution is -2.22. The van der Waals surface area contributed by atoms with Crippen LogP contribution in [0.2, 0.25) is 0 Å². The SMILES string of the molecule is CC(=O)N(c1ccccc1)c1nc(/C=C/C(=O)Nc2cccc(C(=O)c3ccccc3)c2)cs1. The summed E-state index contributed by atoms with van der Waals surface area (Å²) in [5, 5.41) is 5.06. The first kappa shape index (κ1) is 22.8. The van der Waals surface area contributed by atoms with Crippen LogP contribution < -0.4 is 10.2 Å². The van der Waals surface area contributed by atoms with Gasteiger partial charge >= 0.3 is 0 Å². The maximum Gasteiger partial charge on any atom is 0.248 e. The first-order chi connectivity index (χ1) is 16.5. The van der Waals surface area contributed by atoms with Crippen LogP contribution in [-0.4, -0.2) is 22.6 Å². The molecule has 0 aliphatic rings. The summed E-state index contributed by atoms with van der Waals surface area (Å²) in [4.78, 5) is 43.2. The molecule has 1 N–H and O–H groups in total. The highest BCUT2D eigenvalue weighted by Crippen LogP contribution is 2.29. The monoisotopic (exact) mass is 467 g/mol. The summed E-state index contributed by atoms with van der Waals surface area (Å²) < 4.78 is 0. The van der Waals surface area contributed by atoms with Gasteiger partial charge in [-0.2, -0.15) is 0 Å². The van der Waals surface area contributed by atoms with Gasteiger partial charge in [0, 0.05) is 35.2 Å². The zero-order valence-corrected chi connectivity index (χ0v) is 19.2.